The molecule has 8 nitrogen and oxygen atoms in total. The highest BCUT2D eigenvalue weighted by atomic mass is 16.5. The van der Waals surface area contributed by atoms with Crippen LogP contribution in [0, 0.1) is 5.92 Å². The third kappa shape index (κ3) is 7.57. The minimum Gasteiger partial charge on any atom is -0.480 e. The van der Waals surface area contributed by atoms with Crippen LogP contribution in [-0.4, -0.2) is 48.8 Å². The van der Waals surface area contributed by atoms with Gasteiger partial charge in [0.25, 0.3) is 0 Å². The Morgan fingerprint density at radius 2 is 2.05 bits per heavy atom. The van der Waals surface area contributed by atoms with Crippen LogP contribution in [0.2, 0.25) is 0 Å². The van der Waals surface area contributed by atoms with Gasteiger partial charge in [-0.1, -0.05) is 0 Å². The number of hydrogen-bond acceptors (Lipinski definition) is 4. The lowest BCUT2D eigenvalue weighted by Gasteiger charge is -2.14. The number of urea groups is 1. The summed E-state index contributed by atoms with van der Waals surface area (Å²) in [5, 5.41) is 13.7. The zero-order chi connectivity index (χ0) is 15.0. The first-order valence-corrected chi connectivity index (χ1v) is 6.62. The van der Waals surface area contributed by atoms with E-state index in [9.17, 15) is 14.4 Å². The summed E-state index contributed by atoms with van der Waals surface area (Å²) in [5.41, 5.74) is 4.94. The number of carbonyl (C=O) groups excluding carboxylic acids is 2. The molecule has 1 aliphatic rings. The van der Waals surface area contributed by atoms with E-state index in [0.717, 1.165) is 0 Å². The molecule has 1 atom stereocenters. The van der Waals surface area contributed by atoms with Gasteiger partial charge in [-0.05, 0) is 25.2 Å². The molecule has 3 amide bonds. The fourth-order valence-corrected chi connectivity index (χ4v) is 1.52. The van der Waals surface area contributed by atoms with Gasteiger partial charge in [0.1, 0.15) is 6.04 Å². The highest BCUT2D eigenvalue weighted by Crippen LogP contribution is 2.28. The molecular weight excluding hydrogens is 266 g/mol. The van der Waals surface area contributed by atoms with Gasteiger partial charge in [0.15, 0.2) is 0 Å². The third-order valence-corrected chi connectivity index (χ3v) is 2.87. The molecule has 5 N–H and O–H groups in total. The van der Waals surface area contributed by atoms with Crippen LogP contribution in [0.4, 0.5) is 4.79 Å². The second kappa shape index (κ2) is 8.36. The lowest BCUT2D eigenvalue weighted by Crippen LogP contribution is -2.47. The van der Waals surface area contributed by atoms with Crippen LogP contribution in [0.1, 0.15) is 25.7 Å². The summed E-state index contributed by atoms with van der Waals surface area (Å²) in [6, 6.07) is -1.73. The van der Waals surface area contributed by atoms with Crippen LogP contribution in [0.5, 0.6) is 0 Å². The number of ether oxygens (including phenoxy) is 1. The predicted molar refractivity (Wildman–Crippen MR) is 69.9 cm³/mol. The molecule has 114 valence electrons. The molecule has 0 aromatic rings. The van der Waals surface area contributed by atoms with Crippen molar-refractivity contribution in [2.75, 3.05) is 19.8 Å². The van der Waals surface area contributed by atoms with Crippen molar-refractivity contribution in [1.29, 1.82) is 0 Å². The number of carbonyl (C=O) groups is 3. The second-order valence-corrected chi connectivity index (χ2v) is 4.81. The van der Waals surface area contributed by atoms with E-state index in [1.807, 2.05) is 0 Å². The molecule has 1 fully saturated rings. The first-order valence-electron chi connectivity index (χ1n) is 6.62. The average Bonchev–Trinajstić information content (AvgIpc) is 3.17. The van der Waals surface area contributed by atoms with Crippen LogP contribution in [0.3, 0.4) is 0 Å². The minimum absolute atomic E-state index is 0.0315. The number of nitrogens with one attached hydrogen (secondary N) is 2. The van der Waals surface area contributed by atoms with Gasteiger partial charge >= 0.3 is 12.0 Å². The Bertz CT molecular complexity index is 357. The van der Waals surface area contributed by atoms with Gasteiger partial charge in [0, 0.05) is 19.6 Å². The van der Waals surface area contributed by atoms with E-state index in [2.05, 4.69) is 10.6 Å². The zero-order valence-electron chi connectivity index (χ0n) is 11.3. The lowest BCUT2D eigenvalue weighted by molar-refractivity contribution is -0.139. The van der Waals surface area contributed by atoms with E-state index in [1.54, 1.807) is 0 Å². The summed E-state index contributed by atoms with van der Waals surface area (Å²) >= 11 is 0. The molecule has 0 unspecified atom stereocenters. The van der Waals surface area contributed by atoms with Gasteiger partial charge in [-0.3, -0.25) is 4.79 Å². The summed E-state index contributed by atoms with van der Waals surface area (Å²) in [5.74, 6) is -1.15. The van der Waals surface area contributed by atoms with Crippen molar-refractivity contribution in [1.82, 2.24) is 10.6 Å². The van der Waals surface area contributed by atoms with Gasteiger partial charge in [-0.15, -0.1) is 0 Å². The van der Waals surface area contributed by atoms with Crippen LogP contribution >= 0.6 is 0 Å². The highest BCUT2D eigenvalue weighted by molar-refractivity contribution is 5.83. The molecule has 0 bridgehead atoms. The van der Waals surface area contributed by atoms with E-state index >= 15 is 0 Å². The third-order valence-electron chi connectivity index (χ3n) is 2.87. The highest BCUT2D eigenvalue weighted by Gasteiger charge is 2.21. The maximum atomic E-state index is 11.5. The fraction of sp³-hybridized carbons (Fsp3) is 0.750. The normalized spacial score (nSPS) is 15.4. The number of nitrogens with two attached hydrogens (primary N) is 1. The van der Waals surface area contributed by atoms with Crippen LogP contribution in [0.15, 0.2) is 0 Å². The standard InChI is InChI=1S/C12H21N3O5/c13-10(16)4-3-9(11(17)18)15-12(19)14-5-6-20-7-8-1-2-8/h8-9H,1-7H2,(H2,13,16)(H,17,18)(H2,14,15,19)/t9-/m1/s1. The topological polar surface area (TPSA) is 131 Å². The molecule has 0 aliphatic heterocycles. The molecule has 1 saturated carbocycles. The van der Waals surface area contributed by atoms with Crippen molar-refractivity contribution in [2.24, 2.45) is 11.7 Å². The molecule has 20 heavy (non-hydrogen) atoms. The number of rotatable bonds is 10. The lowest BCUT2D eigenvalue weighted by atomic mass is 10.1. The van der Waals surface area contributed by atoms with Gasteiger partial charge in [0.05, 0.1) is 6.61 Å². The Hall–Kier alpha value is -1.83. The molecule has 1 aliphatic carbocycles. The van der Waals surface area contributed by atoms with Crippen molar-refractivity contribution < 1.29 is 24.2 Å². The molecule has 0 saturated heterocycles. The summed E-state index contributed by atoms with van der Waals surface area (Å²) < 4.78 is 5.32. The summed E-state index contributed by atoms with van der Waals surface area (Å²) in [4.78, 5) is 32.9. The second-order valence-electron chi connectivity index (χ2n) is 4.81. The zero-order valence-corrected chi connectivity index (χ0v) is 11.3. The molecule has 8 heteroatoms. The van der Waals surface area contributed by atoms with Crippen LogP contribution in [0.25, 0.3) is 0 Å². The number of amides is 3. The van der Waals surface area contributed by atoms with Crippen molar-refractivity contribution in [2.45, 2.75) is 31.7 Å². The predicted octanol–water partition coefficient (Wildman–Crippen LogP) is -0.569. The Balaban J connectivity index is 2.12. The number of primary amides is 1. The SMILES string of the molecule is NC(=O)CC[C@@H](NC(=O)NCCOCC1CC1)C(=O)O. The Labute approximate surface area is 117 Å². The summed E-state index contributed by atoms with van der Waals surface area (Å²) in [6.07, 6.45) is 2.28. The maximum Gasteiger partial charge on any atom is 0.326 e. The molecule has 1 rings (SSSR count). The number of hydrogen-bond donors (Lipinski definition) is 4. The van der Waals surface area contributed by atoms with E-state index in [4.69, 9.17) is 15.6 Å². The van der Waals surface area contributed by atoms with E-state index < -0.39 is 23.9 Å². The van der Waals surface area contributed by atoms with Gasteiger partial charge in [0.2, 0.25) is 5.91 Å². The molecule has 0 aromatic heterocycles. The maximum absolute atomic E-state index is 11.5. The Morgan fingerprint density at radius 3 is 2.60 bits per heavy atom. The largest absolute Gasteiger partial charge is 0.480 e. The molecule has 0 aromatic carbocycles. The Kier molecular flexibility index (Phi) is 6.78. The number of carboxylic acids is 1. The molecular formula is C12H21N3O5. The van der Waals surface area contributed by atoms with Gasteiger partial charge in [-0.25, -0.2) is 9.59 Å². The number of aliphatic carboxylic acids is 1. The fourth-order valence-electron chi connectivity index (χ4n) is 1.52. The molecule has 0 spiro atoms. The van der Waals surface area contributed by atoms with Crippen LogP contribution < -0.4 is 16.4 Å². The Morgan fingerprint density at radius 1 is 1.35 bits per heavy atom. The van der Waals surface area contributed by atoms with E-state index in [0.29, 0.717) is 25.7 Å². The van der Waals surface area contributed by atoms with Crippen molar-refractivity contribution in [3.05, 3.63) is 0 Å². The van der Waals surface area contributed by atoms with Crippen molar-refractivity contribution in [3.8, 4) is 0 Å². The number of carboxylic acid groups (broad SMARTS) is 1. The first kappa shape index (κ1) is 16.2. The first-order chi connectivity index (χ1) is 9.49. The van der Waals surface area contributed by atoms with E-state index in [-0.39, 0.29) is 12.8 Å². The summed E-state index contributed by atoms with van der Waals surface area (Å²) in [7, 11) is 0. The van der Waals surface area contributed by atoms with Gasteiger partial charge in [-0.2, -0.15) is 0 Å². The minimum atomic E-state index is -1.20. The van der Waals surface area contributed by atoms with Crippen molar-refractivity contribution >= 4 is 17.9 Å². The monoisotopic (exact) mass is 287 g/mol. The van der Waals surface area contributed by atoms with Gasteiger partial charge < -0.3 is 26.2 Å². The molecule has 0 radical (unpaired) electrons. The average molecular weight is 287 g/mol. The van der Waals surface area contributed by atoms with Crippen molar-refractivity contribution in [3.63, 3.8) is 0 Å². The summed E-state index contributed by atoms with van der Waals surface area (Å²) in [6.45, 7) is 1.41. The quantitative estimate of drug-likeness (QED) is 0.400. The molecule has 0 heterocycles. The smallest absolute Gasteiger partial charge is 0.326 e. The van der Waals surface area contributed by atoms with Crippen LogP contribution in [-0.2, 0) is 14.3 Å². The van der Waals surface area contributed by atoms with E-state index in [1.165, 1.54) is 12.8 Å².